The summed E-state index contributed by atoms with van der Waals surface area (Å²) in [6.45, 7) is 10.3. The summed E-state index contributed by atoms with van der Waals surface area (Å²) < 4.78 is 7.10. The molecule has 0 saturated heterocycles. The summed E-state index contributed by atoms with van der Waals surface area (Å²) >= 11 is 0. The Kier molecular flexibility index (Phi) is 4.68. The Morgan fingerprint density at radius 3 is 2.52 bits per heavy atom. The van der Waals surface area contributed by atoms with Crippen LogP contribution < -0.4 is 5.32 Å². The van der Waals surface area contributed by atoms with Crippen LogP contribution in [0.2, 0.25) is 0 Å². The monoisotopic (exact) mass is 322 g/mol. The average Bonchev–Trinajstić information content (AvgIpc) is 2.73. The summed E-state index contributed by atoms with van der Waals surface area (Å²) in [5, 5.41) is 7.21. The van der Waals surface area contributed by atoms with Crippen molar-refractivity contribution >= 4 is 12.0 Å². The highest BCUT2D eigenvalue weighted by molar-refractivity contribution is 5.94. The molecule has 7 nitrogen and oxygen atoms in total. The molecule has 0 fully saturated rings. The molecule has 1 aromatic heterocycles. The van der Waals surface area contributed by atoms with Crippen LogP contribution in [0.4, 0.5) is 4.79 Å². The number of carbonyl (C=O) groups excluding carboxylic acids is 2. The van der Waals surface area contributed by atoms with Crippen molar-refractivity contribution in [1.29, 1.82) is 0 Å². The number of aryl methyl sites for hydroxylation is 1. The van der Waals surface area contributed by atoms with Gasteiger partial charge in [0.2, 0.25) is 0 Å². The van der Waals surface area contributed by atoms with Crippen LogP contribution >= 0.6 is 0 Å². The normalized spacial score (nSPS) is 14.7. The van der Waals surface area contributed by atoms with Crippen LogP contribution in [-0.4, -0.2) is 44.9 Å². The van der Waals surface area contributed by atoms with Crippen LogP contribution in [0.25, 0.3) is 0 Å². The van der Waals surface area contributed by atoms with E-state index in [1.54, 1.807) is 16.6 Å². The number of hydrogen-bond acceptors (Lipinski definition) is 4. The third-order valence-corrected chi connectivity index (χ3v) is 3.53. The number of hydrogen-bond donors (Lipinski definition) is 1. The number of nitrogens with one attached hydrogen (secondary N) is 1. The van der Waals surface area contributed by atoms with Gasteiger partial charge in [-0.3, -0.25) is 9.48 Å². The maximum absolute atomic E-state index is 12.3. The minimum Gasteiger partial charge on any atom is -0.444 e. The minimum absolute atomic E-state index is 0.0574. The summed E-state index contributed by atoms with van der Waals surface area (Å²) in [5.74, 6) is -0.164. The van der Waals surface area contributed by atoms with Gasteiger partial charge in [0, 0.05) is 25.2 Å². The lowest BCUT2D eigenvalue weighted by atomic mass is 10.0. The molecule has 1 aliphatic heterocycles. The smallest absolute Gasteiger partial charge is 0.410 e. The maximum atomic E-state index is 12.3. The van der Waals surface area contributed by atoms with Crippen LogP contribution in [0.3, 0.4) is 0 Å². The number of nitrogens with zero attached hydrogens (tertiary/aromatic N) is 3. The van der Waals surface area contributed by atoms with E-state index in [2.05, 4.69) is 10.4 Å². The number of aromatic nitrogens is 2. The Hall–Kier alpha value is -2.05. The van der Waals surface area contributed by atoms with Crippen LogP contribution in [-0.2, 0) is 24.8 Å². The molecule has 128 valence electrons. The standard InChI is InChI=1S/C16H26N4O3/c1-10(2)17-14(21)13-11-7-8-20(9-12(11)19(6)18-13)15(22)23-16(3,4)5/h10H,7-9H2,1-6H3,(H,17,21). The second-order valence-corrected chi connectivity index (χ2v) is 7.18. The molecule has 1 N–H and O–H groups in total. The van der Waals surface area contributed by atoms with Gasteiger partial charge < -0.3 is 15.0 Å². The van der Waals surface area contributed by atoms with E-state index in [4.69, 9.17) is 4.74 Å². The molecule has 0 saturated carbocycles. The fraction of sp³-hybridized carbons (Fsp3) is 0.688. The Balaban J connectivity index is 2.18. The zero-order valence-corrected chi connectivity index (χ0v) is 14.8. The Morgan fingerprint density at radius 2 is 1.96 bits per heavy atom. The van der Waals surface area contributed by atoms with Gasteiger partial charge in [0.15, 0.2) is 5.69 Å². The van der Waals surface area contributed by atoms with Crippen LogP contribution in [0, 0.1) is 0 Å². The lowest BCUT2D eigenvalue weighted by molar-refractivity contribution is 0.0219. The van der Waals surface area contributed by atoms with E-state index in [1.807, 2.05) is 34.6 Å². The van der Waals surface area contributed by atoms with Crippen LogP contribution in [0.1, 0.15) is 56.4 Å². The molecule has 0 atom stereocenters. The lowest BCUT2D eigenvalue weighted by Crippen LogP contribution is -2.40. The first kappa shape index (κ1) is 17.3. The van der Waals surface area contributed by atoms with Crippen molar-refractivity contribution in [2.24, 2.45) is 7.05 Å². The molecular weight excluding hydrogens is 296 g/mol. The zero-order valence-electron chi connectivity index (χ0n) is 14.8. The highest BCUT2D eigenvalue weighted by Crippen LogP contribution is 2.23. The van der Waals surface area contributed by atoms with Crippen LogP contribution in [0.5, 0.6) is 0 Å². The van der Waals surface area contributed by atoms with Crippen molar-refractivity contribution in [3.8, 4) is 0 Å². The third kappa shape index (κ3) is 4.03. The first-order valence-corrected chi connectivity index (χ1v) is 7.92. The number of ether oxygens (including phenoxy) is 1. The molecule has 2 heterocycles. The van der Waals surface area contributed by atoms with E-state index >= 15 is 0 Å². The number of fused-ring (bicyclic) bond motifs is 1. The summed E-state index contributed by atoms with van der Waals surface area (Å²) in [5.41, 5.74) is 1.74. The Morgan fingerprint density at radius 1 is 1.30 bits per heavy atom. The van der Waals surface area contributed by atoms with Crippen molar-refractivity contribution in [2.45, 2.75) is 59.2 Å². The molecule has 1 aromatic rings. The van der Waals surface area contributed by atoms with Crippen LogP contribution in [0.15, 0.2) is 0 Å². The molecule has 0 unspecified atom stereocenters. The highest BCUT2D eigenvalue weighted by atomic mass is 16.6. The third-order valence-electron chi connectivity index (χ3n) is 3.53. The van der Waals surface area contributed by atoms with E-state index in [0.29, 0.717) is 25.2 Å². The minimum atomic E-state index is -0.522. The van der Waals surface area contributed by atoms with Crippen molar-refractivity contribution in [3.05, 3.63) is 17.0 Å². The predicted octanol–water partition coefficient (Wildman–Crippen LogP) is 1.85. The van der Waals surface area contributed by atoms with Gasteiger partial charge in [0.05, 0.1) is 12.2 Å². The summed E-state index contributed by atoms with van der Waals surface area (Å²) in [6.07, 6.45) is 0.265. The van der Waals surface area contributed by atoms with Crippen molar-refractivity contribution < 1.29 is 14.3 Å². The van der Waals surface area contributed by atoms with E-state index in [9.17, 15) is 9.59 Å². The Bertz CT molecular complexity index is 614. The molecule has 0 aromatic carbocycles. The van der Waals surface area contributed by atoms with Gasteiger partial charge in [0.1, 0.15) is 5.60 Å². The summed E-state index contributed by atoms with van der Waals surface area (Å²) in [6, 6.07) is 0.0574. The topological polar surface area (TPSA) is 76.5 Å². The fourth-order valence-corrected chi connectivity index (χ4v) is 2.57. The first-order valence-electron chi connectivity index (χ1n) is 7.92. The zero-order chi connectivity index (χ0) is 17.4. The van der Waals surface area contributed by atoms with Gasteiger partial charge in [-0.15, -0.1) is 0 Å². The van der Waals surface area contributed by atoms with Gasteiger partial charge in [-0.2, -0.15) is 5.10 Å². The molecule has 7 heteroatoms. The molecule has 0 spiro atoms. The SMILES string of the molecule is CC(C)NC(=O)c1nn(C)c2c1CCN(C(=O)OC(C)(C)C)C2. The molecule has 23 heavy (non-hydrogen) atoms. The molecular formula is C16H26N4O3. The highest BCUT2D eigenvalue weighted by Gasteiger charge is 2.31. The van der Waals surface area contributed by atoms with Gasteiger partial charge in [-0.25, -0.2) is 4.79 Å². The van der Waals surface area contributed by atoms with Gasteiger partial charge >= 0.3 is 6.09 Å². The van der Waals surface area contributed by atoms with E-state index in [0.717, 1.165) is 11.3 Å². The quantitative estimate of drug-likeness (QED) is 0.901. The lowest BCUT2D eigenvalue weighted by Gasteiger charge is -2.30. The van der Waals surface area contributed by atoms with Gasteiger partial charge in [0.25, 0.3) is 5.91 Å². The fourth-order valence-electron chi connectivity index (χ4n) is 2.57. The molecule has 0 bridgehead atoms. The van der Waals surface area contributed by atoms with E-state index in [1.165, 1.54) is 0 Å². The van der Waals surface area contributed by atoms with Gasteiger partial charge in [-0.05, 0) is 41.0 Å². The second kappa shape index (κ2) is 6.22. The summed E-state index contributed by atoms with van der Waals surface area (Å²) in [7, 11) is 1.80. The van der Waals surface area contributed by atoms with Crippen molar-refractivity contribution in [3.63, 3.8) is 0 Å². The molecule has 2 amide bonds. The van der Waals surface area contributed by atoms with E-state index in [-0.39, 0.29) is 18.0 Å². The molecule has 0 aliphatic carbocycles. The molecule has 2 rings (SSSR count). The number of carbonyl (C=O) groups is 2. The van der Waals surface area contributed by atoms with Crippen molar-refractivity contribution in [1.82, 2.24) is 20.0 Å². The predicted molar refractivity (Wildman–Crippen MR) is 86.2 cm³/mol. The molecule has 1 aliphatic rings. The Labute approximate surface area is 137 Å². The average molecular weight is 322 g/mol. The summed E-state index contributed by atoms with van der Waals surface area (Å²) in [4.78, 5) is 26.1. The number of rotatable bonds is 2. The van der Waals surface area contributed by atoms with E-state index < -0.39 is 5.60 Å². The van der Waals surface area contributed by atoms with Gasteiger partial charge in [-0.1, -0.05) is 0 Å². The largest absolute Gasteiger partial charge is 0.444 e. The van der Waals surface area contributed by atoms with Crippen molar-refractivity contribution in [2.75, 3.05) is 6.54 Å². The number of amides is 2. The maximum Gasteiger partial charge on any atom is 0.410 e. The molecule has 0 radical (unpaired) electrons. The second-order valence-electron chi connectivity index (χ2n) is 7.18. The first-order chi connectivity index (χ1) is 10.6.